The molecular weight excluding hydrogens is 342 g/mol. The summed E-state index contributed by atoms with van der Waals surface area (Å²) in [5.41, 5.74) is 2.84. The average molecular weight is 359 g/mol. The number of carbonyl (C=O) groups is 1. The van der Waals surface area contributed by atoms with E-state index in [9.17, 15) is 4.79 Å². The Morgan fingerprint density at radius 2 is 1.96 bits per heavy atom. The van der Waals surface area contributed by atoms with Gasteiger partial charge in [-0.1, -0.05) is 6.07 Å². The van der Waals surface area contributed by atoms with Gasteiger partial charge >= 0.3 is 0 Å². The van der Waals surface area contributed by atoms with Gasteiger partial charge in [0.25, 0.3) is 5.91 Å². The van der Waals surface area contributed by atoms with Crippen LogP contribution in [-0.4, -0.2) is 20.9 Å². The molecule has 0 spiro atoms. The molecule has 0 radical (unpaired) electrons. The zero-order valence-electron chi connectivity index (χ0n) is 14.4. The van der Waals surface area contributed by atoms with Crippen molar-refractivity contribution in [3.63, 3.8) is 0 Å². The Kier molecular flexibility index (Phi) is 4.74. The van der Waals surface area contributed by atoms with E-state index in [1.54, 1.807) is 49.2 Å². The van der Waals surface area contributed by atoms with Crippen LogP contribution in [0.15, 0.2) is 71.9 Å². The predicted molar refractivity (Wildman–Crippen MR) is 101 cm³/mol. The van der Waals surface area contributed by atoms with Gasteiger partial charge < -0.3 is 15.1 Å². The van der Waals surface area contributed by atoms with Crippen LogP contribution in [0.1, 0.15) is 21.8 Å². The molecule has 0 aliphatic carbocycles. The largest absolute Gasteiger partial charge is 0.467 e. The van der Waals surface area contributed by atoms with Crippen molar-refractivity contribution in [2.45, 2.75) is 13.1 Å². The van der Waals surface area contributed by atoms with E-state index in [0.717, 1.165) is 16.6 Å². The molecule has 0 saturated carbocycles. The highest BCUT2D eigenvalue weighted by Gasteiger charge is 2.11. The standard InChI is InChI=1S/C20H17N5O2/c26-20(24-12-16-4-2-8-27-16)17-6-5-15-11-22-13-18(19(15)25-17)23-10-14-3-1-7-21-9-14/h1-9,11,13,23H,10,12H2,(H,24,26). The number of carbonyl (C=O) groups excluding carboxylic acids is 1. The number of aromatic nitrogens is 3. The van der Waals surface area contributed by atoms with Crippen LogP contribution < -0.4 is 10.6 Å². The van der Waals surface area contributed by atoms with Crippen molar-refractivity contribution in [2.24, 2.45) is 0 Å². The Labute approximate surface area is 155 Å². The SMILES string of the molecule is O=C(NCc1ccco1)c1ccc2cncc(NCc3cccnc3)c2n1. The Bertz CT molecular complexity index is 1050. The maximum Gasteiger partial charge on any atom is 0.270 e. The van der Waals surface area contributed by atoms with Crippen LogP contribution in [0, 0.1) is 0 Å². The molecule has 0 aliphatic heterocycles. The monoisotopic (exact) mass is 359 g/mol. The normalized spacial score (nSPS) is 10.7. The first-order chi connectivity index (χ1) is 13.3. The number of nitrogens with zero attached hydrogens (tertiary/aromatic N) is 3. The molecule has 134 valence electrons. The van der Waals surface area contributed by atoms with Crippen LogP contribution in [0.4, 0.5) is 5.69 Å². The first-order valence-electron chi connectivity index (χ1n) is 8.48. The molecule has 0 bridgehead atoms. The molecule has 0 atom stereocenters. The third kappa shape index (κ3) is 3.92. The van der Waals surface area contributed by atoms with Gasteiger partial charge in [0, 0.05) is 30.5 Å². The van der Waals surface area contributed by atoms with Crippen molar-refractivity contribution in [1.29, 1.82) is 0 Å². The van der Waals surface area contributed by atoms with E-state index in [1.165, 1.54) is 0 Å². The number of nitrogens with one attached hydrogen (secondary N) is 2. The summed E-state index contributed by atoms with van der Waals surface area (Å²) >= 11 is 0. The van der Waals surface area contributed by atoms with Gasteiger partial charge in [0.1, 0.15) is 11.5 Å². The Morgan fingerprint density at radius 3 is 2.78 bits per heavy atom. The Hall–Kier alpha value is -3.74. The summed E-state index contributed by atoms with van der Waals surface area (Å²) < 4.78 is 5.22. The third-order valence-electron chi connectivity index (χ3n) is 4.04. The van der Waals surface area contributed by atoms with E-state index in [1.807, 2.05) is 18.2 Å². The summed E-state index contributed by atoms with van der Waals surface area (Å²) in [7, 11) is 0. The van der Waals surface area contributed by atoms with Crippen LogP contribution in [0.3, 0.4) is 0 Å². The van der Waals surface area contributed by atoms with Crippen molar-refractivity contribution in [2.75, 3.05) is 5.32 Å². The smallest absolute Gasteiger partial charge is 0.270 e. The van der Waals surface area contributed by atoms with E-state index >= 15 is 0 Å². The van der Waals surface area contributed by atoms with Gasteiger partial charge in [0.15, 0.2) is 0 Å². The van der Waals surface area contributed by atoms with E-state index in [2.05, 4.69) is 25.6 Å². The maximum atomic E-state index is 12.4. The van der Waals surface area contributed by atoms with Crippen LogP contribution in [0.5, 0.6) is 0 Å². The number of anilines is 1. The summed E-state index contributed by atoms with van der Waals surface area (Å²) in [5, 5.41) is 6.97. The van der Waals surface area contributed by atoms with Crippen molar-refractivity contribution in [3.05, 3.63) is 84.5 Å². The number of hydrogen-bond acceptors (Lipinski definition) is 6. The molecule has 0 aromatic carbocycles. The van der Waals surface area contributed by atoms with Gasteiger partial charge in [-0.05, 0) is 35.9 Å². The topological polar surface area (TPSA) is 92.9 Å². The first kappa shape index (κ1) is 16.7. The lowest BCUT2D eigenvalue weighted by molar-refractivity contribution is 0.0943. The van der Waals surface area contributed by atoms with Crippen molar-refractivity contribution >= 4 is 22.5 Å². The minimum atomic E-state index is -0.261. The lowest BCUT2D eigenvalue weighted by atomic mass is 10.2. The molecule has 7 heteroatoms. The van der Waals surface area contributed by atoms with Crippen molar-refractivity contribution < 1.29 is 9.21 Å². The second-order valence-corrected chi connectivity index (χ2v) is 5.93. The summed E-state index contributed by atoms with van der Waals surface area (Å²) in [4.78, 5) is 25.3. The molecule has 4 heterocycles. The zero-order chi connectivity index (χ0) is 18.5. The molecule has 4 rings (SSSR count). The first-order valence-corrected chi connectivity index (χ1v) is 8.48. The summed E-state index contributed by atoms with van der Waals surface area (Å²) in [6, 6.07) is 11.0. The van der Waals surface area contributed by atoms with Crippen molar-refractivity contribution in [1.82, 2.24) is 20.3 Å². The van der Waals surface area contributed by atoms with Crippen LogP contribution >= 0.6 is 0 Å². The summed E-state index contributed by atoms with van der Waals surface area (Å²) in [6.45, 7) is 0.902. The van der Waals surface area contributed by atoms with Gasteiger partial charge in [-0.15, -0.1) is 0 Å². The quantitative estimate of drug-likeness (QED) is 0.549. The lowest BCUT2D eigenvalue weighted by Crippen LogP contribution is -2.23. The maximum absolute atomic E-state index is 12.4. The number of rotatable bonds is 6. The number of amides is 1. The van der Waals surface area contributed by atoms with E-state index in [0.29, 0.717) is 30.1 Å². The molecule has 0 aliphatic rings. The second-order valence-electron chi connectivity index (χ2n) is 5.93. The Morgan fingerprint density at radius 1 is 1.00 bits per heavy atom. The summed E-state index contributed by atoms with van der Waals surface area (Å²) in [5.74, 6) is 0.426. The molecule has 0 fully saturated rings. The molecule has 0 unspecified atom stereocenters. The molecule has 2 N–H and O–H groups in total. The van der Waals surface area contributed by atoms with E-state index < -0.39 is 0 Å². The fourth-order valence-corrected chi connectivity index (χ4v) is 2.67. The number of hydrogen-bond donors (Lipinski definition) is 2. The number of furan rings is 1. The van der Waals surface area contributed by atoms with Crippen LogP contribution in [0.25, 0.3) is 10.9 Å². The molecule has 0 saturated heterocycles. The number of fused-ring (bicyclic) bond motifs is 1. The summed E-state index contributed by atoms with van der Waals surface area (Å²) in [6.07, 6.45) is 8.53. The minimum absolute atomic E-state index is 0.261. The third-order valence-corrected chi connectivity index (χ3v) is 4.04. The molecule has 4 aromatic heterocycles. The molecular formula is C20H17N5O2. The lowest BCUT2D eigenvalue weighted by Gasteiger charge is -2.10. The Balaban J connectivity index is 1.54. The highest BCUT2D eigenvalue weighted by Crippen LogP contribution is 2.21. The fraction of sp³-hybridized carbons (Fsp3) is 0.100. The highest BCUT2D eigenvalue weighted by molar-refractivity contribution is 5.97. The second kappa shape index (κ2) is 7.65. The highest BCUT2D eigenvalue weighted by atomic mass is 16.3. The average Bonchev–Trinajstić information content (AvgIpc) is 3.24. The number of pyridine rings is 3. The predicted octanol–water partition coefficient (Wildman–Crippen LogP) is 3.16. The van der Waals surface area contributed by atoms with Gasteiger partial charge in [0.05, 0.1) is 30.2 Å². The zero-order valence-corrected chi connectivity index (χ0v) is 14.4. The van der Waals surface area contributed by atoms with Crippen molar-refractivity contribution in [3.8, 4) is 0 Å². The van der Waals surface area contributed by atoms with Gasteiger partial charge in [-0.2, -0.15) is 0 Å². The fourth-order valence-electron chi connectivity index (χ4n) is 2.67. The van der Waals surface area contributed by atoms with Gasteiger partial charge in [-0.25, -0.2) is 4.98 Å². The molecule has 7 nitrogen and oxygen atoms in total. The minimum Gasteiger partial charge on any atom is -0.467 e. The van der Waals surface area contributed by atoms with E-state index in [-0.39, 0.29) is 5.91 Å². The van der Waals surface area contributed by atoms with Gasteiger partial charge in [0.2, 0.25) is 0 Å². The van der Waals surface area contributed by atoms with Gasteiger partial charge in [-0.3, -0.25) is 14.8 Å². The molecule has 4 aromatic rings. The molecule has 1 amide bonds. The van der Waals surface area contributed by atoms with Crippen LogP contribution in [-0.2, 0) is 13.1 Å². The van der Waals surface area contributed by atoms with E-state index in [4.69, 9.17) is 4.42 Å². The van der Waals surface area contributed by atoms with Crippen LogP contribution in [0.2, 0.25) is 0 Å². The molecule has 27 heavy (non-hydrogen) atoms.